The number of carbonyl (C=O) groups excluding carboxylic acids is 2. The summed E-state index contributed by atoms with van der Waals surface area (Å²) in [5.74, 6) is -1.49. The normalized spacial score (nSPS) is 15.8. The summed E-state index contributed by atoms with van der Waals surface area (Å²) in [5.41, 5.74) is 2.34. The lowest BCUT2D eigenvalue weighted by atomic mass is 9.95. The molecular weight excluding hydrogens is 375 g/mol. The van der Waals surface area contributed by atoms with E-state index in [-0.39, 0.29) is 30.7 Å². The lowest BCUT2D eigenvalue weighted by Gasteiger charge is -2.31. The highest BCUT2D eigenvalue weighted by Crippen LogP contribution is 2.28. The molecule has 1 aromatic carbocycles. The number of halogens is 1. The fourth-order valence-corrected chi connectivity index (χ4v) is 3.57. The third-order valence-electron chi connectivity index (χ3n) is 5.00. The molecule has 0 spiro atoms. The maximum atomic E-state index is 13.9. The van der Waals surface area contributed by atoms with E-state index in [2.05, 4.69) is 15.5 Å². The number of nitrogens with one attached hydrogen (secondary N) is 1. The lowest BCUT2D eigenvalue weighted by Crippen LogP contribution is -2.43. The molecule has 1 unspecified atom stereocenters. The maximum absolute atomic E-state index is 13.9. The van der Waals surface area contributed by atoms with Gasteiger partial charge in [0.1, 0.15) is 5.82 Å². The van der Waals surface area contributed by atoms with Crippen molar-refractivity contribution in [2.75, 3.05) is 6.54 Å². The molecule has 8 nitrogen and oxygen atoms in total. The Morgan fingerprint density at radius 2 is 2.00 bits per heavy atom. The predicted molar refractivity (Wildman–Crippen MR) is 102 cm³/mol. The average molecular weight is 396 g/mol. The van der Waals surface area contributed by atoms with Crippen molar-refractivity contribution < 1.29 is 14.0 Å². The molecular formula is C20H21FN6O2. The van der Waals surface area contributed by atoms with Gasteiger partial charge in [0.15, 0.2) is 0 Å². The van der Waals surface area contributed by atoms with Gasteiger partial charge < -0.3 is 10.2 Å². The van der Waals surface area contributed by atoms with Crippen LogP contribution < -0.4 is 5.32 Å². The Morgan fingerprint density at radius 1 is 1.21 bits per heavy atom. The van der Waals surface area contributed by atoms with Gasteiger partial charge >= 0.3 is 0 Å². The zero-order valence-electron chi connectivity index (χ0n) is 16.2. The Labute approximate surface area is 166 Å². The Morgan fingerprint density at radius 3 is 2.72 bits per heavy atom. The Hall–Kier alpha value is -3.49. The summed E-state index contributed by atoms with van der Waals surface area (Å²) in [6.45, 7) is 0.634. The first-order valence-corrected chi connectivity index (χ1v) is 9.24. The van der Waals surface area contributed by atoms with Crippen molar-refractivity contribution in [1.29, 1.82) is 0 Å². The first-order valence-electron chi connectivity index (χ1n) is 9.24. The highest BCUT2D eigenvalue weighted by Gasteiger charge is 2.35. The van der Waals surface area contributed by atoms with E-state index < -0.39 is 5.92 Å². The molecule has 1 aliphatic rings. The molecule has 3 aromatic rings. The van der Waals surface area contributed by atoms with Crippen LogP contribution in [0.15, 0.2) is 42.9 Å². The number of nitrogens with zero attached hydrogens (tertiary/aromatic N) is 5. The molecule has 1 N–H and O–H groups in total. The second kappa shape index (κ2) is 7.50. The van der Waals surface area contributed by atoms with Gasteiger partial charge in [-0.15, -0.1) is 0 Å². The van der Waals surface area contributed by atoms with Crippen molar-refractivity contribution in [2.45, 2.75) is 19.0 Å². The second-order valence-corrected chi connectivity index (χ2v) is 7.16. The summed E-state index contributed by atoms with van der Waals surface area (Å²) in [4.78, 5) is 27.4. The number of fused-ring (bicyclic) bond motifs is 1. The van der Waals surface area contributed by atoms with Crippen molar-refractivity contribution >= 4 is 11.8 Å². The first kappa shape index (κ1) is 18.9. The topological polar surface area (TPSA) is 85.0 Å². The summed E-state index contributed by atoms with van der Waals surface area (Å²) in [5, 5.41) is 11.2. The molecule has 0 bridgehead atoms. The third-order valence-corrected chi connectivity index (χ3v) is 5.00. The Kier molecular flexibility index (Phi) is 4.87. The van der Waals surface area contributed by atoms with Crippen LogP contribution >= 0.6 is 0 Å². The van der Waals surface area contributed by atoms with E-state index >= 15 is 0 Å². The van der Waals surface area contributed by atoms with Gasteiger partial charge in [-0.1, -0.05) is 18.2 Å². The minimum atomic E-state index is -0.632. The van der Waals surface area contributed by atoms with E-state index in [4.69, 9.17) is 0 Å². The van der Waals surface area contributed by atoms with E-state index in [1.165, 1.54) is 12.3 Å². The van der Waals surface area contributed by atoms with Crippen LogP contribution in [0.5, 0.6) is 0 Å². The quantitative estimate of drug-likeness (QED) is 0.721. The molecule has 0 radical (unpaired) electrons. The van der Waals surface area contributed by atoms with E-state index in [1.807, 2.05) is 6.20 Å². The van der Waals surface area contributed by atoms with E-state index in [0.29, 0.717) is 23.4 Å². The number of rotatable bonds is 4. The number of aromatic nitrogens is 4. The molecule has 4 rings (SSSR count). The monoisotopic (exact) mass is 396 g/mol. The van der Waals surface area contributed by atoms with Gasteiger partial charge in [0.25, 0.3) is 5.91 Å². The zero-order chi connectivity index (χ0) is 20.5. The molecule has 2 aromatic heterocycles. The van der Waals surface area contributed by atoms with Crippen LogP contribution in [0.4, 0.5) is 4.39 Å². The molecule has 0 fully saturated rings. The largest absolute Gasteiger partial charge is 0.351 e. The number of carbonyl (C=O) groups is 2. The van der Waals surface area contributed by atoms with Crippen LogP contribution in [-0.2, 0) is 32.0 Å². The van der Waals surface area contributed by atoms with Crippen molar-refractivity contribution in [2.24, 2.45) is 14.1 Å². The van der Waals surface area contributed by atoms with Gasteiger partial charge in [0, 0.05) is 57.3 Å². The highest BCUT2D eigenvalue weighted by molar-refractivity contribution is 5.95. The molecule has 0 aliphatic carbocycles. The van der Waals surface area contributed by atoms with Crippen LogP contribution in [0.3, 0.4) is 0 Å². The summed E-state index contributed by atoms with van der Waals surface area (Å²) in [6.07, 6.45) is 4.97. The van der Waals surface area contributed by atoms with Crippen LogP contribution in [0, 0.1) is 5.82 Å². The average Bonchev–Trinajstić information content (AvgIpc) is 3.30. The predicted octanol–water partition coefficient (Wildman–Crippen LogP) is 1.35. The molecule has 2 amide bonds. The van der Waals surface area contributed by atoms with Crippen LogP contribution in [0.25, 0.3) is 0 Å². The number of benzene rings is 1. The molecule has 150 valence electrons. The first-order chi connectivity index (χ1) is 13.9. The van der Waals surface area contributed by atoms with Gasteiger partial charge in [-0.3, -0.25) is 19.0 Å². The maximum Gasteiger partial charge on any atom is 0.257 e. The van der Waals surface area contributed by atoms with E-state index in [0.717, 1.165) is 5.56 Å². The fraction of sp³-hybridized carbons (Fsp3) is 0.300. The minimum absolute atomic E-state index is 0.0702. The molecule has 3 heterocycles. The Bertz CT molecular complexity index is 1070. The summed E-state index contributed by atoms with van der Waals surface area (Å²) >= 11 is 0. The second-order valence-electron chi connectivity index (χ2n) is 7.16. The van der Waals surface area contributed by atoms with Crippen LogP contribution in [-0.4, -0.2) is 42.8 Å². The van der Waals surface area contributed by atoms with Crippen molar-refractivity contribution in [3.8, 4) is 0 Å². The summed E-state index contributed by atoms with van der Waals surface area (Å²) < 4.78 is 17.1. The minimum Gasteiger partial charge on any atom is -0.351 e. The van der Waals surface area contributed by atoms with Crippen molar-refractivity contribution in [1.82, 2.24) is 29.8 Å². The van der Waals surface area contributed by atoms with Crippen LogP contribution in [0.1, 0.15) is 33.1 Å². The van der Waals surface area contributed by atoms with Crippen molar-refractivity contribution in [3.05, 3.63) is 71.1 Å². The lowest BCUT2D eigenvalue weighted by molar-refractivity contribution is -0.123. The molecule has 0 saturated carbocycles. The smallest absolute Gasteiger partial charge is 0.257 e. The number of aryl methyl sites for hydroxylation is 2. The molecule has 1 aliphatic heterocycles. The number of hydrogen-bond donors (Lipinski definition) is 1. The highest BCUT2D eigenvalue weighted by atomic mass is 19.1. The number of amides is 2. The fourth-order valence-electron chi connectivity index (χ4n) is 3.57. The van der Waals surface area contributed by atoms with E-state index in [9.17, 15) is 14.0 Å². The SMILES string of the molecule is Cn1cc(C(=O)N2Cc3cn(C)nc3C(C(=O)NCc3ccccc3F)C2)cn1. The molecule has 9 heteroatoms. The molecule has 1 atom stereocenters. The zero-order valence-corrected chi connectivity index (χ0v) is 16.2. The standard InChI is InChI=1S/C20H21FN6O2/c1-25-9-14(8-23-25)20(29)27-11-15-10-26(2)24-18(15)16(12-27)19(28)22-7-13-5-3-4-6-17(13)21/h3-6,8-10,16H,7,11-12H2,1-2H3,(H,22,28). The molecule has 0 saturated heterocycles. The van der Waals surface area contributed by atoms with Gasteiger partial charge in [-0.25, -0.2) is 4.39 Å². The van der Waals surface area contributed by atoms with Gasteiger partial charge in [-0.2, -0.15) is 10.2 Å². The van der Waals surface area contributed by atoms with Gasteiger partial charge in [-0.05, 0) is 6.07 Å². The third kappa shape index (κ3) is 3.75. The Balaban J connectivity index is 1.55. The number of hydrogen-bond acceptors (Lipinski definition) is 4. The van der Waals surface area contributed by atoms with Crippen molar-refractivity contribution in [3.63, 3.8) is 0 Å². The summed E-state index contributed by atoms with van der Waals surface area (Å²) in [6, 6.07) is 6.30. The van der Waals surface area contributed by atoms with Gasteiger partial charge in [0.05, 0.1) is 23.4 Å². The summed E-state index contributed by atoms with van der Waals surface area (Å²) in [7, 11) is 3.52. The van der Waals surface area contributed by atoms with E-state index in [1.54, 1.807) is 52.8 Å². The molecule has 29 heavy (non-hydrogen) atoms. The van der Waals surface area contributed by atoms with Gasteiger partial charge in [0.2, 0.25) is 5.91 Å². The van der Waals surface area contributed by atoms with Crippen LogP contribution in [0.2, 0.25) is 0 Å².